The number of ether oxygens (including phenoxy) is 3. The molecule has 0 saturated carbocycles. The van der Waals surface area contributed by atoms with Gasteiger partial charge in [0.25, 0.3) is 0 Å². The average molecular weight is 343 g/mol. The topological polar surface area (TPSA) is 65.1 Å². The Labute approximate surface area is 145 Å². The van der Waals surface area contributed by atoms with E-state index in [1.807, 2.05) is 11.8 Å². The van der Waals surface area contributed by atoms with Crippen LogP contribution in [-0.2, 0) is 23.8 Å². The number of carbonyl (C=O) groups is 2. The molecule has 1 fully saturated rings. The molecule has 0 aliphatic carbocycles. The Morgan fingerprint density at radius 2 is 1.92 bits per heavy atom. The molecule has 0 radical (unpaired) electrons. The van der Waals surface area contributed by atoms with Gasteiger partial charge < -0.3 is 19.1 Å². The minimum Gasteiger partial charge on any atom is -0.466 e. The molecule has 1 aliphatic heterocycles. The highest BCUT2D eigenvalue weighted by Gasteiger charge is 2.15. The number of carbonyl (C=O) groups excluding carboxylic acids is 2. The monoisotopic (exact) mass is 343 g/mol. The molecule has 0 bridgehead atoms. The minimum absolute atomic E-state index is 0.0784. The van der Waals surface area contributed by atoms with Crippen molar-refractivity contribution in [2.24, 2.45) is 0 Å². The van der Waals surface area contributed by atoms with Gasteiger partial charge in [-0.1, -0.05) is 12.8 Å². The Bertz CT molecular complexity index is 355. The number of nitrogens with zero attached hydrogens (tertiary/aromatic N) is 1. The molecule has 0 spiro atoms. The van der Waals surface area contributed by atoms with Crippen LogP contribution in [0.2, 0.25) is 0 Å². The van der Waals surface area contributed by atoms with Crippen molar-refractivity contribution in [2.75, 3.05) is 32.9 Å². The fraction of sp³-hybridized carbons (Fsp3) is 0.889. The zero-order valence-electron chi connectivity index (χ0n) is 15.3. The van der Waals surface area contributed by atoms with E-state index < -0.39 is 0 Å². The lowest BCUT2D eigenvalue weighted by Gasteiger charge is -2.25. The molecule has 0 aromatic carbocycles. The first-order valence-corrected chi connectivity index (χ1v) is 9.27. The van der Waals surface area contributed by atoms with Gasteiger partial charge in [-0.15, -0.1) is 0 Å². The van der Waals surface area contributed by atoms with E-state index >= 15 is 0 Å². The second-order valence-corrected chi connectivity index (χ2v) is 6.14. The van der Waals surface area contributed by atoms with E-state index in [1.165, 1.54) is 0 Å². The van der Waals surface area contributed by atoms with Crippen molar-refractivity contribution in [2.45, 2.75) is 71.5 Å². The third-order valence-electron chi connectivity index (χ3n) is 4.11. The summed E-state index contributed by atoms with van der Waals surface area (Å²) in [6, 6.07) is 0. The quantitative estimate of drug-likeness (QED) is 0.403. The van der Waals surface area contributed by atoms with Crippen LogP contribution >= 0.6 is 0 Å². The molecule has 1 atom stereocenters. The van der Waals surface area contributed by atoms with Gasteiger partial charge in [0, 0.05) is 33.0 Å². The predicted molar refractivity (Wildman–Crippen MR) is 91.5 cm³/mol. The van der Waals surface area contributed by atoms with Gasteiger partial charge in [0.2, 0.25) is 5.91 Å². The van der Waals surface area contributed by atoms with Crippen molar-refractivity contribution in [3.63, 3.8) is 0 Å². The minimum atomic E-state index is -0.120. The van der Waals surface area contributed by atoms with Crippen molar-refractivity contribution in [1.29, 1.82) is 0 Å². The SMILES string of the molecule is CCOC(=O)CCCCCCN(CCOC1CCCCO1)C(C)=O. The summed E-state index contributed by atoms with van der Waals surface area (Å²) >= 11 is 0. The van der Waals surface area contributed by atoms with Crippen LogP contribution in [0.5, 0.6) is 0 Å². The molecule has 0 aromatic rings. The summed E-state index contributed by atoms with van der Waals surface area (Å²) < 4.78 is 16.1. The van der Waals surface area contributed by atoms with Gasteiger partial charge in [-0.3, -0.25) is 9.59 Å². The average Bonchev–Trinajstić information content (AvgIpc) is 2.57. The Balaban J connectivity index is 2.05. The van der Waals surface area contributed by atoms with Crippen LogP contribution in [0.15, 0.2) is 0 Å². The summed E-state index contributed by atoms with van der Waals surface area (Å²) in [6.07, 6.45) is 7.37. The molecule has 1 aliphatic rings. The second-order valence-electron chi connectivity index (χ2n) is 6.14. The first kappa shape index (κ1) is 20.9. The lowest BCUT2D eigenvalue weighted by Crippen LogP contribution is -2.34. The maximum atomic E-state index is 11.7. The molecule has 1 amide bonds. The van der Waals surface area contributed by atoms with Crippen molar-refractivity contribution >= 4 is 11.9 Å². The van der Waals surface area contributed by atoms with E-state index in [0.717, 1.165) is 58.1 Å². The van der Waals surface area contributed by atoms with Gasteiger partial charge >= 0.3 is 5.97 Å². The molecule has 1 unspecified atom stereocenters. The summed E-state index contributed by atoms with van der Waals surface area (Å²) in [7, 11) is 0. The van der Waals surface area contributed by atoms with Crippen LogP contribution in [0.1, 0.15) is 65.2 Å². The van der Waals surface area contributed by atoms with E-state index in [-0.39, 0.29) is 18.2 Å². The van der Waals surface area contributed by atoms with Crippen LogP contribution in [0, 0.1) is 0 Å². The van der Waals surface area contributed by atoms with E-state index in [9.17, 15) is 9.59 Å². The number of esters is 1. The maximum absolute atomic E-state index is 11.7. The van der Waals surface area contributed by atoms with Crippen LogP contribution in [-0.4, -0.2) is 56.0 Å². The molecule has 24 heavy (non-hydrogen) atoms. The molecule has 1 saturated heterocycles. The van der Waals surface area contributed by atoms with Crippen molar-refractivity contribution in [1.82, 2.24) is 4.90 Å². The van der Waals surface area contributed by atoms with Crippen LogP contribution in [0.4, 0.5) is 0 Å². The third-order valence-corrected chi connectivity index (χ3v) is 4.11. The zero-order chi connectivity index (χ0) is 17.6. The van der Waals surface area contributed by atoms with Crippen LogP contribution in [0.3, 0.4) is 0 Å². The van der Waals surface area contributed by atoms with Gasteiger partial charge in [0.15, 0.2) is 6.29 Å². The molecule has 6 heteroatoms. The largest absolute Gasteiger partial charge is 0.466 e. The van der Waals surface area contributed by atoms with Crippen molar-refractivity contribution in [3.8, 4) is 0 Å². The lowest BCUT2D eigenvalue weighted by atomic mass is 10.1. The van der Waals surface area contributed by atoms with Crippen LogP contribution in [0.25, 0.3) is 0 Å². The second kappa shape index (κ2) is 13.2. The Morgan fingerprint density at radius 3 is 2.58 bits per heavy atom. The summed E-state index contributed by atoms with van der Waals surface area (Å²) in [5.74, 6) is -0.0420. The molecular formula is C18H33NO5. The summed E-state index contributed by atoms with van der Waals surface area (Å²) in [6.45, 7) is 6.50. The number of rotatable bonds is 12. The fourth-order valence-electron chi connectivity index (χ4n) is 2.72. The molecule has 0 N–H and O–H groups in total. The molecule has 6 nitrogen and oxygen atoms in total. The first-order chi connectivity index (χ1) is 11.6. The number of amides is 1. The smallest absolute Gasteiger partial charge is 0.305 e. The highest BCUT2D eigenvalue weighted by Crippen LogP contribution is 2.13. The normalized spacial score (nSPS) is 17.5. The number of unbranched alkanes of at least 4 members (excludes halogenated alkanes) is 3. The number of hydrogen-bond acceptors (Lipinski definition) is 5. The Morgan fingerprint density at radius 1 is 1.12 bits per heavy atom. The maximum Gasteiger partial charge on any atom is 0.305 e. The van der Waals surface area contributed by atoms with Gasteiger partial charge in [0.1, 0.15) is 0 Å². The Hall–Kier alpha value is -1.14. The van der Waals surface area contributed by atoms with Crippen LogP contribution < -0.4 is 0 Å². The molecule has 0 aromatic heterocycles. The molecule has 140 valence electrons. The molecule has 1 rings (SSSR count). The summed E-state index contributed by atoms with van der Waals surface area (Å²) in [5.41, 5.74) is 0. The molecule has 1 heterocycles. The predicted octanol–water partition coefficient (Wildman–Crippen LogP) is 2.89. The van der Waals surface area contributed by atoms with E-state index in [1.54, 1.807) is 6.92 Å². The highest BCUT2D eigenvalue weighted by molar-refractivity contribution is 5.73. The fourth-order valence-corrected chi connectivity index (χ4v) is 2.72. The van der Waals surface area contributed by atoms with Gasteiger partial charge in [0.05, 0.1) is 13.2 Å². The highest BCUT2D eigenvalue weighted by atomic mass is 16.7. The Kier molecular flexibility index (Phi) is 11.5. The van der Waals surface area contributed by atoms with Crippen molar-refractivity contribution < 1.29 is 23.8 Å². The first-order valence-electron chi connectivity index (χ1n) is 9.27. The van der Waals surface area contributed by atoms with Gasteiger partial charge in [-0.05, 0) is 39.0 Å². The van der Waals surface area contributed by atoms with E-state index in [2.05, 4.69) is 0 Å². The molecular weight excluding hydrogens is 310 g/mol. The zero-order valence-corrected chi connectivity index (χ0v) is 15.3. The van der Waals surface area contributed by atoms with Gasteiger partial charge in [-0.25, -0.2) is 0 Å². The standard InChI is InChI=1S/C18H33NO5/c1-3-22-17(21)10-6-4-5-8-12-19(16(2)20)13-15-24-18-11-7-9-14-23-18/h18H,3-15H2,1-2H3. The van der Waals surface area contributed by atoms with Gasteiger partial charge in [-0.2, -0.15) is 0 Å². The van der Waals surface area contributed by atoms with E-state index in [0.29, 0.717) is 26.2 Å². The lowest BCUT2D eigenvalue weighted by molar-refractivity contribution is -0.166. The number of hydrogen-bond donors (Lipinski definition) is 0. The summed E-state index contributed by atoms with van der Waals surface area (Å²) in [4.78, 5) is 24.7. The third kappa shape index (κ3) is 9.88. The van der Waals surface area contributed by atoms with Crippen molar-refractivity contribution in [3.05, 3.63) is 0 Å². The van der Waals surface area contributed by atoms with E-state index in [4.69, 9.17) is 14.2 Å². The summed E-state index contributed by atoms with van der Waals surface area (Å²) in [5, 5.41) is 0.